The monoisotopic (exact) mass is 296 g/mol. The first-order chi connectivity index (χ1) is 10.0. The molecule has 0 bridgehead atoms. The Morgan fingerprint density at radius 1 is 1.38 bits per heavy atom. The van der Waals surface area contributed by atoms with Gasteiger partial charge in [-0.25, -0.2) is 4.39 Å². The van der Waals surface area contributed by atoms with E-state index in [9.17, 15) is 9.18 Å². The highest BCUT2D eigenvalue weighted by molar-refractivity contribution is 5.76. The Kier molecular flexibility index (Phi) is 7.75. The van der Waals surface area contributed by atoms with Gasteiger partial charge in [0.1, 0.15) is 0 Å². The van der Waals surface area contributed by atoms with E-state index in [1.165, 1.54) is 6.07 Å². The molecular formula is C16H25FN2O2. The van der Waals surface area contributed by atoms with Gasteiger partial charge in [0.2, 0.25) is 5.91 Å². The van der Waals surface area contributed by atoms with Gasteiger partial charge in [0.25, 0.3) is 0 Å². The van der Waals surface area contributed by atoms with E-state index in [4.69, 9.17) is 4.74 Å². The molecule has 0 heterocycles. The summed E-state index contributed by atoms with van der Waals surface area (Å²) in [5, 5.41) is 5.99. The highest BCUT2D eigenvalue weighted by Gasteiger charge is 2.11. The van der Waals surface area contributed by atoms with Crippen LogP contribution in [0.25, 0.3) is 0 Å². The molecule has 4 nitrogen and oxygen atoms in total. The van der Waals surface area contributed by atoms with Crippen molar-refractivity contribution in [2.75, 3.05) is 13.2 Å². The van der Waals surface area contributed by atoms with Gasteiger partial charge in [-0.05, 0) is 32.9 Å². The Morgan fingerprint density at radius 2 is 2.14 bits per heavy atom. The molecule has 0 spiro atoms. The van der Waals surface area contributed by atoms with Gasteiger partial charge in [-0.1, -0.05) is 19.1 Å². The molecule has 0 atom stereocenters. The quantitative estimate of drug-likeness (QED) is 0.689. The summed E-state index contributed by atoms with van der Waals surface area (Å²) in [7, 11) is 0. The molecule has 118 valence electrons. The van der Waals surface area contributed by atoms with Gasteiger partial charge in [-0.3, -0.25) is 4.79 Å². The van der Waals surface area contributed by atoms with E-state index in [0.717, 1.165) is 18.5 Å². The number of amides is 1. The Morgan fingerprint density at radius 3 is 2.81 bits per heavy atom. The van der Waals surface area contributed by atoms with Crippen molar-refractivity contribution in [1.82, 2.24) is 10.6 Å². The minimum absolute atomic E-state index is 0.0907. The largest absolute Gasteiger partial charge is 0.490 e. The van der Waals surface area contributed by atoms with Crippen molar-refractivity contribution < 1.29 is 13.9 Å². The maximum atomic E-state index is 13.8. The first-order valence-corrected chi connectivity index (χ1v) is 7.44. The summed E-state index contributed by atoms with van der Waals surface area (Å²) < 4.78 is 19.3. The standard InChI is InChI=1S/C16H25FN2O2/c1-4-9-18-11-13-6-5-7-14(17)16(13)21-10-8-15(20)19-12(2)3/h5-7,12,18H,4,8-11H2,1-3H3,(H,19,20). The lowest BCUT2D eigenvalue weighted by molar-refractivity contribution is -0.122. The van der Waals surface area contributed by atoms with Crippen LogP contribution in [-0.2, 0) is 11.3 Å². The lowest BCUT2D eigenvalue weighted by Gasteiger charge is -2.13. The number of hydrogen-bond donors (Lipinski definition) is 2. The van der Waals surface area contributed by atoms with Crippen LogP contribution in [-0.4, -0.2) is 25.1 Å². The van der Waals surface area contributed by atoms with Crippen LogP contribution < -0.4 is 15.4 Å². The van der Waals surface area contributed by atoms with Crippen molar-refractivity contribution in [3.05, 3.63) is 29.6 Å². The summed E-state index contributed by atoms with van der Waals surface area (Å²) >= 11 is 0. The van der Waals surface area contributed by atoms with Crippen molar-refractivity contribution in [1.29, 1.82) is 0 Å². The summed E-state index contributed by atoms with van der Waals surface area (Å²) in [5.74, 6) is -0.250. The van der Waals surface area contributed by atoms with Crippen LogP contribution in [0.4, 0.5) is 4.39 Å². The third kappa shape index (κ3) is 6.58. The minimum Gasteiger partial charge on any atom is -0.490 e. The molecule has 1 aromatic carbocycles. The normalized spacial score (nSPS) is 10.7. The molecule has 2 N–H and O–H groups in total. The topological polar surface area (TPSA) is 50.4 Å². The molecule has 1 amide bonds. The minimum atomic E-state index is -0.393. The van der Waals surface area contributed by atoms with E-state index in [1.807, 2.05) is 19.9 Å². The number of carbonyl (C=O) groups excluding carboxylic acids is 1. The molecule has 0 radical (unpaired) electrons. The van der Waals surface area contributed by atoms with Gasteiger partial charge in [0.15, 0.2) is 11.6 Å². The van der Waals surface area contributed by atoms with E-state index < -0.39 is 5.82 Å². The molecule has 0 saturated carbocycles. The molecular weight excluding hydrogens is 271 g/mol. The molecule has 0 unspecified atom stereocenters. The SMILES string of the molecule is CCCNCc1cccc(F)c1OCCC(=O)NC(C)C. The Balaban J connectivity index is 2.54. The van der Waals surface area contributed by atoms with E-state index in [2.05, 4.69) is 17.6 Å². The van der Waals surface area contributed by atoms with E-state index in [1.54, 1.807) is 6.07 Å². The predicted molar refractivity (Wildman–Crippen MR) is 81.8 cm³/mol. The number of hydrogen-bond acceptors (Lipinski definition) is 3. The predicted octanol–water partition coefficient (Wildman–Crippen LogP) is 2.62. The van der Waals surface area contributed by atoms with Gasteiger partial charge in [0, 0.05) is 18.2 Å². The third-order valence-corrected chi connectivity index (χ3v) is 2.82. The van der Waals surface area contributed by atoms with Crippen LogP contribution in [0.5, 0.6) is 5.75 Å². The van der Waals surface area contributed by atoms with Crippen LogP contribution in [0.2, 0.25) is 0 Å². The second-order valence-electron chi connectivity index (χ2n) is 5.23. The summed E-state index contributed by atoms with van der Waals surface area (Å²) in [5.41, 5.74) is 0.771. The van der Waals surface area contributed by atoms with Crippen molar-refractivity contribution >= 4 is 5.91 Å². The summed E-state index contributed by atoms with van der Waals surface area (Å²) in [6, 6.07) is 4.96. The highest BCUT2D eigenvalue weighted by Crippen LogP contribution is 2.22. The van der Waals surface area contributed by atoms with Crippen LogP contribution in [0.1, 0.15) is 39.2 Å². The second kappa shape index (κ2) is 9.34. The molecule has 21 heavy (non-hydrogen) atoms. The van der Waals surface area contributed by atoms with E-state index in [0.29, 0.717) is 6.54 Å². The number of halogens is 1. The Bertz CT molecular complexity index is 450. The smallest absolute Gasteiger partial charge is 0.223 e. The molecule has 0 aromatic heterocycles. The van der Waals surface area contributed by atoms with Crippen molar-refractivity contribution in [2.24, 2.45) is 0 Å². The van der Waals surface area contributed by atoms with Gasteiger partial charge in [0.05, 0.1) is 13.0 Å². The van der Waals surface area contributed by atoms with Gasteiger partial charge in [-0.15, -0.1) is 0 Å². The average molecular weight is 296 g/mol. The zero-order chi connectivity index (χ0) is 15.7. The number of benzene rings is 1. The highest BCUT2D eigenvalue weighted by atomic mass is 19.1. The van der Waals surface area contributed by atoms with Crippen molar-refractivity contribution in [3.63, 3.8) is 0 Å². The van der Waals surface area contributed by atoms with Gasteiger partial charge < -0.3 is 15.4 Å². The number of ether oxygens (including phenoxy) is 1. The summed E-state index contributed by atoms with van der Waals surface area (Å²) in [4.78, 5) is 11.5. The fourth-order valence-corrected chi connectivity index (χ4v) is 1.89. The number of para-hydroxylation sites is 1. The fourth-order valence-electron chi connectivity index (χ4n) is 1.89. The fraction of sp³-hybridized carbons (Fsp3) is 0.562. The molecule has 0 aliphatic heterocycles. The summed E-state index contributed by atoms with van der Waals surface area (Å²) in [6.07, 6.45) is 1.23. The van der Waals surface area contributed by atoms with E-state index >= 15 is 0 Å². The van der Waals surface area contributed by atoms with Crippen molar-refractivity contribution in [2.45, 2.75) is 46.2 Å². The Labute approximate surface area is 126 Å². The van der Waals surface area contributed by atoms with Crippen LogP contribution in [0.15, 0.2) is 18.2 Å². The molecule has 0 aliphatic carbocycles. The number of nitrogens with one attached hydrogen (secondary N) is 2. The second-order valence-corrected chi connectivity index (χ2v) is 5.23. The Hall–Kier alpha value is -1.62. The van der Waals surface area contributed by atoms with Crippen LogP contribution in [0, 0.1) is 5.82 Å². The average Bonchev–Trinajstić information content (AvgIpc) is 2.41. The molecule has 5 heteroatoms. The molecule has 0 aliphatic rings. The lowest BCUT2D eigenvalue weighted by atomic mass is 10.2. The number of rotatable bonds is 9. The van der Waals surface area contributed by atoms with E-state index in [-0.39, 0.29) is 30.7 Å². The molecule has 0 saturated heterocycles. The molecule has 1 rings (SSSR count). The van der Waals surface area contributed by atoms with Crippen LogP contribution in [0.3, 0.4) is 0 Å². The lowest BCUT2D eigenvalue weighted by Crippen LogP contribution is -2.31. The first-order valence-electron chi connectivity index (χ1n) is 7.44. The molecule has 1 aromatic rings. The zero-order valence-corrected chi connectivity index (χ0v) is 13.0. The third-order valence-electron chi connectivity index (χ3n) is 2.82. The molecule has 0 fully saturated rings. The van der Waals surface area contributed by atoms with Gasteiger partial charge in [-0.2, -0.15) is 0 Å². The number of carbonyl (C=O) groups is 1. The maximum absolute atomic E-state index is 13.8. The van der Waals surface area contributed by atoms with Gasteiger partial charge >= 0.3 is 0 Å². The maximum Gasteiger partial charge on any atom is 0.223 e. The summed E-state index contributed by atoms with van der Waals surface area (Å²) in [6.45, 7) is 7.45. The first kappa shape index (κ1) is 17.4. The van der Waals surface area contributed by atoms with Crippen LogP contribution >= 0.6 is 0 Å². The zero-order valence-electron chi connectivity index (χ0n) is 13.0. The van der Waals surface area contributed by atoms with Crippen molar-refractivity contribution in [3.8, 4) is 5.75 Å².